The molecule has 0 spiro atoms. The Kier molecular flexibility index (Phi) is 6.91. The number of carboxylic acid groups (broad SMARTS) is 1. The number of carbonyl (C=O) groups is 2. The van der Waals surface area contributed by atoms with Crippen LogP contribution in [0.25, 0.3) is 0 Å². The van der Waals surface area contributed by atoms with Crippen molar-refractivity contribution >= 4 is 11.9 Å². The molecule has 0 aliphatic rings. The van der Waals surface area contributed by atoms with Gasteiger partial charge in [0.05, 0.1) is 6.61 Å². The van der Waals surface area contributed by atoms with Crippen LogP contribution in [0.2, 0.25) is 0 Å². The Hall–Kier alpha value is -1.10. The molecule has 0 aliphatic heterocycles. The van der Waals surface area contributed by atoms with Gasteiger partial charge in [0.2, 0.25) is 5.91 Å². The largest absolute Gasteiger partial charge is 0.480 e. The van der Waals surface area contributed by atoms with Crippen molar-refractivity contribution in [3.63, 3.8) is 0 Å². The number of hydrogen-bond acceptors (Lipinski definition) is 3. The van der Waals surface area contributed by atoms with E-state index in [0.717, 1.165) is 6.42 Å². The molecule has 0 bridgehead atoms. The van der Waals surface area contributed by atoms with Crippen molar-refractivity contribution in [1.82, 2.24) is 5.32 Å². The van der Waals surface area contributed by atoms with Crippen molar-refractivity contribution in [2.45, 2.75) is 19.8 Å². The SMILES string of the molecule is CCCOCCC(=O)NCC(=O)O. The van der Waals surface area contributed by atoms with Gasteiger partial charge in [-0.05, 0) is 6.42 Å². The Bertz CT molecular complexity index is 170. The van der Waals surface area contributed by atoms with Gasteiger partial charge in [0.25, 0.3) is 0 Å². The molecule has 0 aromatic heterocycles. The average molecular weight is 189 g/mol. The standard InChI is InChI=1S/C8H15NO4/c1-2-4-13-5-3-7(10)9-6-8(11)12/h2-6H2,1H3,(H,9,10)(H,11,12). The summed E-state index contributed by atoms with van der Waals surface area (Å²) >= 11 is 0. The van der Waals surface area contributed by atoms with Crippen molar-refractivity contribution in [2.75, 3.05) is 19.8 Å². The maximum Gasteiger partial charge on any atom is 0.322 e. The molecule has 0 saturated heterocycles. The Labute approximate surface area is 77.1 Å². The van der Waals surface area contributed by atoms with Crippen molar-refractivity contribution in [3.05, 3.63) is 0 Å². The van der Waals surface area contributed by atoms with E-state index in [1.165, 1.54) is 0 Å². The first-order chi connectivity index (χ1) is 6.16. The first kappa shape index (κ1) is 11.9. The van der Waals surface area contributed by atoms with Crippen LogP contribution in [0.15, 0.2) is 0 Å². The quantitative estimate of drug-likeness (QED) is 0.553. The fourth-order valence-electron chi connectivity index (χ4n) is 0.674. The fourth-order valence-corrected chi connectivity index (χ4v) is 0.674. The predicted molar refractivity (Wildman–Crippen MR) is 46.4 cm³/mol. The summed E-state index contributed by atoms with van der Waals surface area (Å²) in [6, 6.07) is 0. The molecule has 13 heavy (non-hydrogen) atoms. The summed E-state index contributed by atoms with van der Waals surface area (Å²) in [6.45, 7) is 2.63. The van der Waals surface area contributed by atoms with Crippen LogP contribution >= 0.6 is 0 Å². The van der Waals surface area contributed by atoms with Gasteiger partial charge < -0.3 is 15.2 Å². The summed E-state index contributed by atoms with van der Waals surface area (Å²) in [5.41, 5.74) is 0. The maximum absolute atomic E-state index is 10.9. The molecule has 0 saturated carbocycles. The van der Waals surface area contributed by atoms with E-state index in [2.05, 4.69) is 5.32 Å². The molecular formula is C8H15NO4. The molecule has 76 valence electrons. The lowest BCUT2D eigenvalue weighted by molar-refractivity contribution is -0.138. The van der Waals surface area contributed by atoms with Gasteiger partial charge in [0.1, 0.15) is 6.54 Å². The minimum atomic E-state index is -1.04. The number of hydrogen-bond donors (Lipinski definition) is 2. The van der Waals surface area contributed by atoms with Gasteiger partial charge in [0, 0.05) is 13.0 Å². The van der Waals surface area contributed by atoms with E-state index < -0.39 is 5.97 Å². The summed E-state index contributed by atoms with van der Waals surface area (Å²) in [7, 11) is 0. The van der Waals surface area contributed by atoms with E-state index >= 15 is 0 Å². The highest BCUT2D eigenvalue weighted by Gasteiger charge is 2.02. The zero-order valence-electron chi connectivity index (χ0n) is 7.71. The third-order valence-corrected chi connectivity index (χ3v) is 1.26. The molecule has 5 heteroatoms. The molecule has 0 unspecified atom stereocenters. The molecular weight excluding hydrogens is 174 g/mol. The highest BCUT2D eigenvalue weighted by atomic mass is 16.5. The van der Waals surface area contributed by atoms with Crippen LogP contribution in [-0.2, 0) is 14.3 Å². The zero-order chi connectivity index (χ0) is 10.1. The van der Waals surface area contributed by atoms with Crippen LogP contribution in [0.5, 0.6) is 0 Å². The molecule has 0 aliphatic carbocycles. The summed E-state index contributed by atoms with van der Waals surface area (Å²) < 4.78 is 5.05. The predicted octanol–water partition coefficient (Wildman–Crippen LogP) is 0.00390. The number of aliphatic carboxylic acids is 1. The summed E-state index contributed by atoms with van der Waals surface area (Å²) in [5, 5.41) is 10.5. The van der Waals surface area contributed by atoms with Gasteiger partial charge in [-0.15, -0.1) is 0 Å². The van der Waals surface area contributed by atoms with Crippen molar-refractivity contribution in [1.29, 1.82) is 0 Å². The Morgan fingerprint density at radius 1 is 1.38 bits per heavy atom. The molecule has 1 amide bonds. The summed E-state index contributed by atoms with van der Waals surface area (Å²) in [6.07, 6.45) is 1.13. The van der Waals surface area contributed by atoms with Crippen molar-refractivity contribution in [3.8, 4) is 0 Å². The van der Waals surface area contributed by atoms with Gasteiger partial charge in [-0.25, -0.2) is 0 Å². The smallest absolute Gasteiger partial charge is 0.322 e. The normalized spacial score (nSPS) is 9.62. The first-order valence-electron chi connectivity index (χ1n) is 4.23. The molecule has 0 radical (unpaired) electrons. The minimum Gasteiger partial charge on any atom is -0.480 e. The molecule has 0 aromatic carbocycles. The highest BCUT2D eigenvalue weighted by molar-refractivity contribution is 5.81. The van der Waals surface area contributed by atoms with Gasteiger partial charge in [0.15, 0.2) is 0 Å². The molecule has 0 heterocycles. The number of carbonyl (C=O) groups excluding carboxylic acids is 1. The molecule has 0 atom stereocenters. The number of nitrogens with one attached hydrogen (secondary N) is 1. The third-order valence-electron chi connectivity index (χ3n) is 1.26. The van der Waals surface area contributed by atoms with E-state index in [4.69, 9.17) is 9.84 Å². The summed E-state index contributed by atoms with van der Waals surface area (Å²) in [4.78, 5) is 20.9. The van der Waals surface area contributed by atoms with Crippen molar-refractivity contribution in [2.24, 2.45) is 0 Å². The summed E-state index contributed by atoms with van der Waals surface area (Å²) in [5.74, 6) is -1.33. The Balaban J connectivity index is 3.25. The van der Waals surface area contributed by atoms with Gasteiger partial charge >= 0.3 is 5.97 Å². The number of ether oxygens (including phenoxy) is 1. The minimum absolute atomic E-state index is 0.216. The van der Waals surface area contributed by atoms with Gasteiger partial charge in [-0.3, -0.25) is 9.59 Å². The van der Waals surface area contributed by atoms with E-state index in [1.807, 2.05) is 6.92 Å². The fraction of sp³-hybridized carbons (Fsp3) is 0.750. The van der Waals surface area contributed by atoms with Crippen LogP contribution < -0.4 is 5.32 Å². The number of amides is 1. The lowest BCUT2D eigenvalue weighted by Crippen LogP contribution is -2.29. The third kappa shape index (κ3) is 8.81. The molecule has 0 aromatic rings. The van der Waals surface area contributed by atoms with Gasteiger partial charge in [-0.2, -0.15) is 0 Å². The second kappa shape index (κ2) is 7.54. The second-order valence-corrected chi connectivity index (χ2v) is 2.53. The van der Waals surface area contributed by atoms with E-state index in [9.17, 15) is 9.59 Å². The molecule has 5 nitrogen and oxygen atoms in total. The topological polar surface area (TPSA) is 75.6 Å². The molecule has 0 rings (SSSR count). The lowest BCUT2D eigenvalue weighted by Gasteiger charge is -2.02. The van der Waals surface area contributed by atoms with Crippen LogP contribution in [0.4, 0.5) is 0 Å². The average Bonchev–Trinajstić information content (AvgIpc) is 2.09. The zero-order valence-corrected chi connectivity index (χ0v) is 7.71. The lowest BCUT2D eigenvalue weighted by atomic mass is 10.4. The van der Waals surface area contributed by atoms with Gasteiger partial charge in [-0.1, -0.05) is 6.92 Å². The molecule has 2 N–H and O–H groups in total. The van der Waals surface area contributed by atoms with Crippen LogP contribution in [0, 0.1) is 0 Å². The molecule has 0 fully saturated rings. The van der Waals surface area contributed by atoms with E-state index in [1.54, 1.807) is 0 Å². The van der Waals surface area contributed by atoms with E-state index in [0.29, 0.717) is 13.2 Å². The highest BCUT2D eigenvalue weighted by Crippen LogP contribution is 1.85. The number of rotatable bonds is 7. The monoisotopic (exact) mass is 189 g/mol. The van der Waals surface area contributed by atoms with E-state index in [-0.39, 0.29) is 18.9 Å². The second-order valence-electron chi connectivity index (χ2n) is 2.53. The first-order valence-corrected chi connectivity index (χ1v) is 4.23. The van der Waals surface area contributed by atoms with Crippen molar-refractivity contribution < 1.29 is 19.4 Å². The maximum atomic E-state index is 10.9. The van der Waals surface area contributed by atoms with Crippen LogP contribution in [-0.4, -0.2) is 36.7 Å². The Morgan fingerprint density at radius 3 is 2.62 bits per heavy atom. The Morgan fingerprint density at radius 2 is 2.08 bits per heavy atom. The number of carboxylic acids is 1. The van der Waals surface area contributed by atoms with Crippen LogP contribution in [0.1, 0.15) is 19.8 Å². The van der Waals surface area contributed by atoms with Crippen LogP contribution in [0.3, 0.4) is 0 Å².